The number of rotatable bonds is 8. The van der Waals surface area contributed by atoms with Gasteiger partial charge >= 0.3 is 6.09 Å². The van der Waals surface area contributed by atoms with E-state index in [0.29, 0.717) is 6.54 Å². The summed E-state index contributed by atoms with van der Waals surface area (Å²) >= 11 is 0. The van der Waals surface area contributed by atoms with E-state index in [0.717, 1.165) is 16.7 Å². The van der Waals surface area contributed by atoms with Crippen molar-refractivity contribution in [1.82, 2.24) is 10.2 Å². The highest BCUT2D eigenvalue weighted by Gasteiger charge is 2.52. The highest BCUT2D eigenvalue weighted by Crippen LogP contribution is 2.44. The number of amides is 2. The molecular formula is C28H30N2O3. The Bertz CT molecular complexity index is 1050. The van der Waals surface area contributed by atoms with Crippen molar-refractivity contribution in [3.05, 3.63) is 108 Å². The Morgan fingerprint density at radius 3 is 2.00 bits per heavy atom. The van der Waals surface area contributed by atoms with Crippen LogP contribution in [0, 0.1) is 11.8 Å². The maximum atomic E-state index is 13.4. The van der Waals surface area contributed by atoms with Gasteiger partial charge < -0.3 is 15.0 Å². The van der Waals surface area contributed by atoms with Crippen LogP contribution in [0.3, 0.4) is 0 Å². The molecule has 170 valence electrons. The van der Waals surface area contributed by atoms with E-state index in [1.807, 2.05) is 110 Å². The average Bonchev–Trinajstić information content (AvgIpc) is 2.85. The van der Waals surface area contributed by atoms with Crippen LogP contribution >= 0.6 is 0 Å². The second-order valence-corrected chi connectivity index (χ2v) is 8.81. The lowest BCUT2D eigenvalue weighted by molar-refractivity contribution is -0.161. The van der Waals surface area contributed by atoms with Crippen LogP contribution < -0.4 is 5.32 Å². The van der Waals surface area contributed by atoms with Gasteiger partial charge in [0, 0.05) is 12.6 Å². The average molecular weight is 443 g/mol. The van der Waals surface area contributed by atoms with Crippen LogP contribution in [0.5, 0.6) is 0 Å². The van der Waals surface area contributed by atoms with Gasteiger partial charge in [-0.3, -0.25) is 4.79 Å². The minimum Gasteiger partial charge on any atom is -0.445 e. The number of nitrogens with one attached hydrogen (secondary N) is 1. The Balaban J connectivity index is 1.51. The molecule has 5 heteroatoms. The minimum absolute atomic E-state index is 0.0507. The fourth-order valence-corrected chi connectivity index (χ4v) is 4.49. The number of carbonyl (C=O) groups excluding carboxylic acids is 2. The Hall–Kier alpha value is -3.60. The predicted octanol–water partition coefficient (Wildman–Crippen LogP) is 5.34. The van der Waals surface area contributed by atoms with Crippen molar-refractivity contribution in [2.75, 3.05) is 0 Å². The largest absolute Gasteiger partial charge is 0.445 e. The Labute approximate surface area is 195 Å². The van der Waals surface area contributed by atoms with E-state index in [9.17, 15) is 9.59 Å². The first-order valence-corrected chi connectivity index (χ1v) is 11.4. The fourth-order valence-electron chi connectivity index (χ4n) is 4.49. The summed E-state index contributed by atoms with van der Waals surface area (Å²) in [7, 11) is 0. The van der Waals surface area contributed by atoms with Gasteiger partial charge in [0.1, 0.15) is 6.61 Å². The van der Waals surface area contributed by atoms with Gasteiger partial charge in [0.15, 0.2) is 0 Å². The van der Waals surface area contributed by atoms with Crippen molar-refractivity contribution in [3.8, 4) is 0 Å². The lowest BCUT2D eigenvalue weighted by atomic mass is 9.74. The van der Waals surface area contributed by atoms with E-state index in [-0.39, 0.29) is 36.4 Å². The Morgan fingerprint density at radius 1 is 0.879 bits per heavy atom. The van der Waals surface area contributed by atoms with Gasteiger partial charge in [0.05, 0.1) is 12.0 Å². The molecule has 2 amide bonds. The number of nitrogens with zero attached hydrogens (tertiary/aromatic N) is 1. The molecule has 0 radical (unpaired) electrons. The Kier molecular flexibility index (Phi) is 7.08. The molecule has 1 aliphatic rings. The van der Waals surface area contributed by atoms with Gasteiger partial charge in [-0.25, -0.2) is 4.79 Å². The molecule has 1 heterocycles. The molecule has 3 aromatic carbocycles. The van der Waals surface area contributed by atoms with Crippen molar-refractivity contribution in [3.63, 3.8) is 0 Å². The SMILES string of the molecule is CC(C)[C@H](NC(=O)OCc1ccccc1)[C@@H]1C(=O)N(Cc2ccccc2)[C@H]1c1ccccc1. The summed E-state index contributed by atoms with van der Waals surface area (Å²) in [4.78, 5) is 27.9. The van der Waals surface area contributed by atoms with Gasteiger partial charge in [-0.1, -0.05) is 105 Å². The fraction of sp³-hybridized carbons (Fsp3) is 0.286. The van der Waals surface area contributed by atoms with E-state index in [4.69, 9.17) is 4.74 Å². The molecule has 3 atom stereocenters. The minimum atomic E-state index is -0.501. The second-order valence-electron chi connectivity index (χ2n) is 8.81. The van der Waals surface area contributed by atoms with E-state index in [1.54, 1.807) is 0 Å². The maximum Gasteiger partial charge on any atom is 0.407 e. The summed E-state index contributed by atoms with van der Waals surface area (Å²) in [5, 5.41) is 2.99. The van der Waals surface area contributed by atoms with E-state index in [1.165, 1.54) is 0 Å². The monoisotopic (exact) mass is 442 g/mol. The van der Waals surface area contributed by atoms with Gasteiger partial charge in [0.2, 0.25) is 5.91 Å². The third-order valence-corrected chi connectivity index (χ3v) is 6.18. The zero-order chi connectivity index (χ0) is 23.2. The van der Waals surface area contributed by atoms with Gasteiger partial charge in [-0.05, 0) is 22.6 Å². The number of hydrogen-bond donors (Lipinski definition) is 1. The Morgan fingerprint density at radius 2 is 1.42 bits per heavy atom. The third kappa shape index (κ3) is 5.25. The molecule has 1 aliphatic heterocycles. The van der Waals surface area contributed by atoms with Crippen LogP contribution in [0.25, 0.3) is 0 Å². The smallest absolute Gasteiger partial charge is 0.407 e. The van der Waals surface area contributed by atoms with E-state index in [2.05, 4.69) is 5.32 Å². The summed E-state index contributed by atoms with van der Waals surface area (Å²) < 4.78 is 5.45. The van der Waals surface area contributed by atoms with Gasteiger partial charge in [0.25, 0.3) is 0 Å². The molecule has 3 aromatic rings. The summed E-state index contributed by atoms with van der Waals surface area (Å²) in [6.45, 7) is 4.78. The number of β-lactam (4-membered cyclic amide) rings is 1. The number of hydrogen-bond acceptors (Lipinski definition) is 3. The molecule has 1 fully saturated rings. The van der Waals surface area contributed by atoms with Crippen molar-refractivity contribution in [2.24, 2.45) is 11.8 Å². The van der Waals surface area contributed by atoms with Crippen LogP contribution in [0.1, 0.15) is 36.6 Å². The first-order valence-electron chi connectivity index (χ1n) is 11.4. The topological polar surface area (TPSA) is 58.6 Å². The number of alkyl carbamates (subject to hydrolysis) is 1. The summed E-state index contributed by atoms with van der Waals surface area (Å²) in [5.74, 6) is -0.233. The number of benzene rings is 3. The van der Waals surface area contributed by atoms with Crippen LogP contribution in [0.4, 0.5) is 4.79 Å². The molecule has 0 saturated carbocycles. The normalized spacial score (nSPS) is 18.5. The van der Waals surface area contributed by atoms with E-state index < -0.39 is 6.09 Å². The van der Waals surface area contributed by atoms with Crippen molar-refractivity contribution in [2.45, 2.75) is 39.1 Å². The third-order valence-electron chi connectivity index (χ3n) is 6.18. The van der Waals surface area contributed by atoms with Crippen molar-refractivity contribution in [1.29, 1.82) is 0 Å². The standard InChI is InChI=1S/C28H30N2O3/c1-20(2)25(29-28(32)33-19-22-14-8-4-9-15-22)24-26(23-16-10-5-11-17-23)30(27(24)31)18-21-12-6-3-7-13-21/h3-17,20,24-26H,18-19H2,1-2H3,(H,29,32)/t24-,25-,26-/m0/s1. The number of likely N-dealkylation sites (tertiary alicyclic amines) is 1. The quantitative estimate of drug-likeness (QED) is 0.479. The maximum absolute atomic E-state index is 13.4. The molecule has 1 N–H and O–H groups in total. The summed E-state index contributed by atoms with van der Waals surface area (Å²) in [6, 6.07) is 29.2. The van der Waals surface area contributed by atoms with Gasteiger partial charge in [-0.15, -0.1) is 0 Å². The molecule has 0 aliphatic carbocycles. The molecular weight excluding hydrogens is 412 g/mol. The molecule has 4 rings (SSSR count). The van der Waals surface area contributed by atoms with Crippen LogP contribution in [0.2, 0.25) is 0 Å². The van der Waals surface area contributed by atoms with Crippen LogP contribution in [-0.2, 0) is 22.7 Å². The van der Waals surface area contributed by atoms with Crippen LogP contribution in [-0.4, -0.2) is 22.9 Å². The molecule has 0 unspecified atom stereocenters. The summed E-state index contributed by atoms with van der Waals surface area (Å²) in [6.07, 6.45) is -0.501. The van der Waals surface area contributed by atoms with Crippen molar-refractivity contribution >= 4 is 12.0 Å². The lowest BCUT2D eigenvalue weighted by Gasteiger charge is -2.51. The molecule has 0 aromatic heterocycles. The van der Waals surface area contributed by atoms with Crippen molar-refractivity contribution < 1.29 is 14.3 Å². The van der Waals surface area contributed by atoms with E-state index >= 15 is 0 Å². The first-order chi connectivity index (χ1) is 16.0. The molecule has 0 spiro atoms. The first kappa shape index (κ1) is 22.6. The highest BCUT2D eigenvalue weighted by atomic mass is 16.5. The zero-order valence-electron chi connectivity index (χ0n) is 19.1. The number of ether oxygens (including phenoxy) is 1. The van der Waals surface area contributed by atoms with Gasteiger partial charge in [-0.2, -0.15) is 0 Å². The second kappa shape index (κ2) is 10.3. The van der Waals surface area contributed by atoms with Crippen LogP contribution in [0.15, 0.2) is 91.0 Å². The molecule has 5 nitrogen and oxygen atoms in total. The molecule has 0 bridgehead atoms. The zero-order valence-corrected chi connectivity index (χ0v) is 19.1. The lowest BCUT2D eigenvalue weighted by Crippen LogP contribution is -2.63. The highest BCUT2D eigenvalue weighted by molar-refractivity contribution is 5.88. The summed E-state index contributed by atoms with van der Waals surface area (Å²) in [5.41, 5.74) is 3.08. The predicted molar refractivity (Wildman–Crippen MR) is 128 cm³/mol. The molecule has 1 saturated heterocycles. The molecule has 33 heavy (non-hydrogen) atoms. The number of carbonyl (C=O) groups is 2.